The molecule has 2 heterocycles. The quantitative estimate of drug-likeness (QED) is 0.685. The van der Waals surface area contributed by atoms with Crippen LogP contribution in [0.25, 0.3) is 0 Å². The van der Waals surface area contributed by atoms with Crippen LogP contribution in [0.3, 0.4) is 0 Å². The summed E-state index contributed by atoms with van der Waals surface area (Å²) in [6.45, 7) is 0.746. The number of hydrogen-bond acceptors (Lipinski definition) is 3. The maximum atomic E-state index is 11.2. The summed E-state index contributed by atoms with van der Waals surface area (Å²) in [6.07, 6.45) is 3.14. The first kappa shape index (κ1) is 8.99. The van der Waals surface area contributed by atoms with Gasteiger partial charge in [0, 0.05) is 24.6 Å². The number of piperidine rings is 1. The molecule has 1 aliphatic heterocycles. The van der Waals surface area contributed by atoms with Crippen LogP contribution in [0, 0.1) is 0 Å². The zero-order valence-electron chi connectivity index (χ0n) is 7.86. The average Bonchev–Trinajstić information content (AvgIpc) is 2.19. The fourth-order valence-corrected chi connectivity index (χ4v) is 1.69. The highest BCUT2D eigenvalue weighted by Crippen LogP contribution is 2.23. The van der Waals surface area contributed by atoms with E-state index in [1.54, 1.807) is 6.20 Å². The van der Waals surface area contributed by atoms with Crippen LogP contribution in [-0.4, -0.2) is 17.4 Å². The third-order valence-electron chi connectivity index (χ3n) is 2.47. The van der Waals surface area contributed by atoms with Crippen LogP contribution in [0.4, 0.5) is 5.69 Å². The first-order valence-corrected chi connectivity index (χ1v) is 4.74. The number of carbonyl (C=O) groups excluding carboxylic acids is 1. The zero-order valence-corrected chi connectivity index (χ0v) is 7.86. The number of rotatable bonds is 1. The molecule has 4 heteroatoms. The molecule has 0 bridgehead atoms. The third kappa shape index (κ3) is 1.84. The van der Waals surface area contributed by atoms with E-state index in [1.807, 2.05) is 12.1 Å². The normalized spacial score (nSPS) is 21.7. The summed E-state index contributed by atoms with van der Waals surface area (Å²) in [4.78, 5) is 15.4. The molecular weight excluding hydrogens is 178 g/mol. The van der Waals surface area contributed by atoms with Gasteiger partial charge in [0.25, 0.3) is 0 Å². The van der Waals surface area contributed by atoms with Crippen molar-refractivity contribution in [3.63, 3.8) is 0 Å². The first-order valence-electron chi connectivity index (χ1n) is 4.74. The minimum absolute atomic E-state index is 0.111. The third-order valence-corrected chi connectivity index (χ3v) is 2.47. The molecule has 0 aromatic carbocycles. The molecule has 0 unspecified atom stereocenters. The van der Waals surface area contributed by atoms with Gasteiger partial charge in [0.1, 0.15) is 0 Å². The van der Waals surface area contributed by atoms with Gasteiger partial charge in [-0.05, 0) is 18.6 Å². The molecule has 0 saturated carbocycles. The molecular formula is C10H13N3O. The Kier molecular flexibility index (Phi) is 2.35. The van der Waals surface area contributed by atoms with E-state index in [4.69, 9.17) is 5.73 Å². The van der Waals surface area contributed by atoms with Crippen molar-refractivity contribution in [1.29, 1.82) is 0 Å². The van der Waals surface area contributed by atoms with E-state index in [9.17, 15) is 4.79 Å². The Hall–Kier alpha value is -1.58. The van der Waals surface area contributed by atoms with Crippen LogP contribution in [0.2, 0.25) is 0 Å². The number of anilines is 1. The number of pyridine rings is 1. The molecule has 1 aliphatic rings. The molecule has 14 heavy (non-hydrogen) atoms. The van der Waals surface area contributed by atoms with Crippen molar-refractivity contribution in [2.75, 3.05) is 12.3 Å². The van der Waals surface area contributed by atoms with Gasteiger partial charge in [0.05, 0.1) is 11.9 Å². The Balaban J connectivity index is 2.14. The standard InChI is InChI=1S/C10H13N3O/c11-8-1-2-9(13-6-8)7-3-4-12-10(14)5-7/h1-2,6-7H,3-5,11H2,(H,12,14)/t7-/m0/s1. The van der Waals surface area contributed by atoms with Gasteiger partial charge in [-0.15, -0.1) is 0 Å². The zero-order chi connectivity index (χ0) is 9.97. The second-order valence-electron chi connectivity index (χ2n) is 3.56. The van der Waals surface area contributed by atoms with E-state index in [0.29, 0.717) is 12.1 Å². The highest BCUT2D eigenvalue weighted by Gasteiger charge is 2.21. The molecule has 1 atom stereocenters. The smallest absolute Gasteiger partial charge is 0.220 e. The fourth-order valence-electron chi connectivity index (χ4n) is 1.69. The Morgan fingerprint density at radius 3 is 3.00 bits per heavy atom. The van der Waals surface area contributed by atoms with Crippen LogP contribution < -0.4 is 11.1 Å². The number of carbonyl (C=O) groups is 1. The molecule has 74 valence electrons. The van der Waals surface area contributed by atoms with E-state index in [2.05, 4.69) is 10.3 Å². The maximum Gasteiger partial charge on any atom is 0.220 e. The monoisotopic (exact) mass is 191 g/mol. The molecule has 1 aromatic rings. The molecule has 1 aromatic heterocycles. The Morgan fingerprint density at radius 1 is 1.50 bits per heavy atom. The Labute approximate surface area is 82.5 Å². The van der Waals surface area contributed by atoms with Crippen LogP contribution in [0.1, 0.15) is 24.5 Å². The molecule has 2 rings (SSSR count). The fraction of sp³-hybridized carbons (Fsp3) is 0.400. The van der Waals surface area contributed by atoms with Gasteiger partial charge in [-0.1, -0.05) is 0 Å². The summed E-state index contributed by atoms with van der Waals surface area (Å²) >= 11 is 0. The Bertz CT molecular complexity index is 334. The van der Waals surface area contributed by atoms with Crippen molar-refractivity contribution in [2.45, 2.75) is 18.8 Å². The predicted molar refractivity (Wildman–Crippen MR) is 53.6 cm³/mol. The molecule has 0 radical (unpaired) electrons. The van der Waals surface area contributed by atoms with Crippen LogP contribution in [0.5, 0.6) is 0 Å². The van der Waals surface area contributed by atoms with Crippen LogP contribution in [-0.2, 0) is 4.79 Å². The van der Waals surface area contributed by atoms with Gasteiger partial charge >= 0.3 is 0 Å². The summed E-state index contributed by atoms with van der Waals surface area (Å²) in [5, 5.41) is 2.80. The summed E-state index contributed by atoms with van der Waals surface area (Å²) in [5.74, 6) is 0.365. The van der Waals surface area contributed by atoms with E-state index in [1.165, 1.54) is 0 Å². The lowest BCUT2D eigenvalue weighted by Crippen LogP contribution is -2.32. The van der Waals surface area contributed by atoms with Gasteiger partial charge in [0.15, 0.2) is 0 Å². The van der Waals surface area contributed by atoms with Crippen molar-refractivity contribution in [1.82, 2.24) is 10.3 Å². The maximum absolute atomic E-state index is 11.2. The highest BCUT2D eigenvalue weighted by atomic mass is 16.1. The van der Waals surface area contributed by atoms with Gasteiger partial charge < -0.3 is 11.1 Å². The minimum atomic E-state index is 0.111. The average molecular weight is 191 g/mol. The van der Waals surface area contributed by atoms with Gasteiger partial charge in [-0.25, -0.2) is 0 Å². The lowest BCUT2D eigenvalue weighted by Gasteiger charge is -2.21. The van der Waals surface area contributed by atoms with Crippen molar-refractivity contribution < 1.29 is 4.79 Å². The highest BCUT2D eigenvalue weighted by molar-refractivity contribution is 5.77. The largest absolute Gasteiger partial charge is 0.397 e. The number of nitrogens with two attached hydrogens (primary N) is 1. The molecule has 4 nitrogen and oxygen atoms in total. The number of amides is 1. The predicted octanol–water partition coefficient (Wildman–Crippen LogP) is 0.657. The summed E-state index contributed by atoms with van der Waals surface area (Å²) < 4.78 is 0. The number of aromatic nitrogens is 1. The van der Waals surface area contributed by atoms with Gasteiger partial charge in [-0.2, -0.15) is 0 Å². The molecule has 0 spiro atoms. The summed E-state index contributed by atoms with van der Waals surface area (Å²) in [5.41, 5.74) is 7.17. The van der Waals surface area contributed by atoms with Crippen molar-refractivity contribution in [3.05, 3.63) is 24.0 Å². The summed E-state index contributed by atoms with van der Waals surface area (Å²) in [7, 11) is 0. The molecule has 0 aliphatic carbocycles. The van der Waals surface area contributed by atoms with Crippen LogP contribution in [0.15, 0.2) is 18.3 Å². The van der Waals surface area contributed by atoms with E-state index >= 15 is 0 Å². The lowest BCUT2D eigenvalue weighted by molar-refractivity contribution is -0.122. The molecule has 1 fully saturated rings. The SMILES string of the molecule is Nc1ccc([C@H]2CCNC(=O)C2)nc1. The topological polar surface area (TPSA) is 68.0 Å². The molecule has 3 N–H and O–H groups in total. The Morgan fingerprint density at radius 2 is 2.36 bits per heavy atom. The van der Waals surface area contributed by atoms with E-state index < -0.39 is 0 Å². The second-order valence-corrected chi connectivity index (χ2v) is 3.56. The first-order chi connectivity index (χ1) is 6.75. The van der Waals surface area contributed by atoms with Gasteiger partial charge in [-0.3, -0.25) is 9.78 Å². The van der Waals surface area contributed by atoms with Crippen molar-refractivity contribution in [2.24, 2.45) is 0 Å². The number of nitrogens with zero attached hydrogens (tertiary/aromatic N) is 1. The number of hydrogen-bond donors (Lipinski definition) is 2. The van der Waals surface area contributed by atoms with E-state index in [0.717, 1.165) is 18.7 Å². The van der Waals surface area contributed by atoms with Crippen LogP contribution >= 0.6 is 0 Å². The van der Waals surface area contributed by atoms with Gasteiger partial charge in [0.2, 0.25) is 5.91 Å². The number of nitrogens with one attached hydrogen (secondary N) is 1. The van der Waals surface area contributed by atoms with E-state index in [-0.39, 0.29) is 11.8 Å². The molecule has 1 saturated heterocycles. The minimum Gasteiger partial charge on any atom is -0.397 e. The van der Waals surface area contributed by atoms with Crippen molar-refractivity contribution in [3.8, 4) is 0 Å². The second kappa shape index (κ2) is 3.65. The summed E-state index contributed by atoms with van der Waals surface area (Å²) in [6, 6.07) is 3.73. The number of nitrogen functional groups attached to an aromatic ring is 1. The van der Waals surface area contributed by atoms with Crippen molar-refractivity contribution >= 4 is 11.6 Å². The molecule has 1 amide bonds. The lowest BCUT2D eigenvalue weighted by atomic mass is 9.94.